The number of aromatic amines is 2. The number of aromatic nitrogens is 5. The second-order valence-electron chi connectivity index (χ2n) is 6.85. The molecular weight excluding hydrogens is 352 g/mol. The first-order valence-electron chi connectivity index (χ1n) is 8.95. The maximum absolute atomic E-state index is 12.9. The molecule has 3 aromatic heterocycles. The van der Waals surface area contributed by atoms with Crippen molar-refractivity contribution in [3.8, 4) is 11.1 Å². The van der Waals surface area contributed by atoms with Crippen LogP contribution < -0.4 is 5.32 Å². The molecule has 3 heterocycles. The number of fused-ring (bicyclic) bond motifs is 2. The van der Waals surface area contributed by atoms with Gasteiger partial charge in [0.25, 0.3) is 5.91 Å². The van der Waals surface area contributed by atoms with Crippen LogP contribution in [0.25, 0.3) is 32.9 Å². The lowest BCUT2D eigenvalue weighted by molar-refractivity contribution is 0.101. The van der Waals surface area contributed by atoms with E-state index in [1.165, 1.54) is 0 Å². The summed E-state index contributed by atoms with van der Waals surface area (Å²) in [6.07, 6.45) is 5.34. The number of nitrogens with zero attached hydrogens (tertiary/aromatic N) is 3. The number of aryl methyl sites for hydroxylation is 2. The third-order valence-corrected chi connectivity index (χ3v) is 5.05. The molecule has 0 atom stereocenters. The number of benzene rings is 2. The number of carbonyl (C=O) groups excluding carboxylic acids is 1. The fraction of sp³-hybridized carbons (Fsp3) is 0.0952. The molecule has 7 nitrogen and oxygen atoms in total. The highest BCUT2D eigenvalue weighted by Crippen LogP contribution is 2.34. The van der Waals surface area contributed by atoms with Crippen LogP contribution in [-0.2, 0) is 7.05 Å². The van der Waals surface area contributed by atoms with E-state index in [2.05, 4.69) is 43.8 Å². The Balaban J connectivity index is 1.64. The number of hydrogen-bond acceptors (Lipinski definition) is 3. The summed E-state index contributed by atoms with van der Waals surface area (Å²) in [4.78, 5) is 16.1. The molecule has 2 aromatic carbocycles. The van der Waals surface area contributed by atoms with Gasteiger partial charge in [-0.05, 0) is 47.9 Å². The SMILES string of the molecule is Cc1cnn(C)c1C(=O)Nc1cc(-c2cccc3[nH]ccc23)cc2[nH]ncc12. The molecule has 5 aromatic rings. The van der Waals surface area contributed by atoms with Crippen molar-refractivity contribution in [2.24, 2.45) is 7.05 Å². The fourth-order valence-electron chi connectivity index (χ4n) is 3.70. The van der Waals surface area contributed by atoms with Crippen LogP contribution >= 0.6 is 0 Å². The second-order valence-corrected chi connectivity index (χ2v) is 6.85. The molecule has 0 aliphatic rings. The highest BCUT2D eigenvalue weighted by molar-refractivity contribution is 6.10. The first-order valence-corrected chi connectivity index (χ1v) is 8.95. The zero-order chi connectivity index (χ0) is 19.3. The monoisotopic (exact) mass is 370 g/mol. The first kappa shape index (κ1) is 16.3. The van der Waals surface area contributed by atoms with Gasteiger partial charge in [0, 0.05) is 29.5 Å². The van der Waals surface area contributed by atoms with E-state index < -0.39 is 0 Å². The third-order valence-electron chi connectivity index (χ3n) is 5.05. The van der Waals surface area contributed by atoms with Gasteiger partial charge in [-0.15, -0.1) is 0 Å². The molecule has 5 rings (SSSR count). The summed E-state index contributed by atoms with van der Waals surface area (Å²) in [7, 11) is 1.76. The molecule has 0 saturated heterocycles. The number of hydrogen-bond donors (Lipinski definition) is 3. The van der Waals surface area contributed by atoms with E-state index in [0.717, 1.165) is 38.5 Å². The van der Waals surface area contributed by atoms with E-state index >= 15 is 0 Å². The minimum atomic E-state index is -0.197. The van der Waals surface area contributed by atoms with E-state index in [9.17, 15) is 4.79 Å². The lowest BCUT2D eigenvalue weighted by Gasteiger charge is -2.11. The summed E-state index contributed by atoms with van der Waals surface area (Å²) >= 11 is 0. The van der Waals surface area contributed by atoms with Crippen molar-refractivity contribution < 1.29 is 4.79 Å². The first-order chi connectivity index (χ1) is 13.6. The lowest BCUT2D eigenvalue weighted by Crippen LogP contribution is -2.17. The van der Waals surface area contributed by atoms with Crippen molar-refractivity contribution in [2.75, 3.05) is 5.32 Å². The number of carbonyl (C=O) groups is 1. The van der Waals surface area contributed by atoms with Gasteiger partial charge in [-0.2, -0.15) is 10.2 Å². The molecule has 0 saturated carbocycles. The van der Waals surface area contributed by atoms with Crippen molar-refractivity contribution >= 4 is 33.4 Å². The number of nitrogens with one attached hydrogen (secondary N) is 3. The number of H-pyrrole nitrogens is 2. The second kappa shape index (κ2) is 6.09. The molecule has 0 bridgehead atoms. The van der Waals surface area contributed by atoms with Crippen LogP contribution in [0.3, 0.4) is 0 Å². The summed E-state index contributed by atoms with van der Waals surface area (Å²) in [5.41, 5.74) is 6.09. The molecule has 0 fully saturated rings. The number of rotatable bonds is 3. The van der Waals surface area contributed by atoms with E-state index in [1.54, 1.807) is 24.1 Å². The quantitative estimate of drug-likeness (QED) is 0.448. The smallest absolute Gasteiger partial charge is 0.274 e. The standard InChI is InChI=1S/C21H18N6O/c1-12-10-24-27(2)20(12)21(28)25-18-8-13(9-19-16(18)11-23-26-19)14-4-3-5-17-15(14)6-7-22-17/h3-11,22H,1-2H3,(H,23,26)(H,25,28). The average Bonchev–Trinajstić information content (AvgIpc) is 3.40. The summed E-state index contributed by atoms with van der Waals surface area (Å²) in [6, 6.07) is 12.2. The lowest BCUT2D eigenvalue weighted by atomic mass is 9.99. The predicted octanol–water partition coefficient (Wildman–Crippen LogP) is 4.01. The largest absolute Gasteiger partial charge is 0.361 e. The van der Waals surface area contributed by atoms with Crippen molar-refractivity contribution in [2.45, 2.75) is 6.92 Å². The van der Waals surface area contributed by atoms with Gasteiger partial charge in [-0.3, -0.25) is 14.6 Å². The van der Waals surface area contributed by atoms with E-state index in [1.807, 2.05) is 31.3 Å². The minimum absolute atomic E-state index is 0.197. The fourth-order valence-corrected chi connectivity index (χ4v) is 3.70. The van der Waals surface area contributed by atoms with Gasteiger partial charge in [0.2, 0.25) is 0 Å². The molecule has 28 heavy (non-hydrogen) atoms. The van der Waals surface area contributed by atoms with Gasteiger partial charge in [-0.25, -0.2) is 0 Å². The van der Waals surface area contributed by atoms with Crippen molar-refractivity contribution in [1.82, 2.24) is 25.0 Å². The summed E-state index contributed by atoms with van der Waals surface area (Å²) in [5.74, 6) is -0.197. The maximum Gasteiger partial charge on any atom is 0.274 e. The minimum Gasteiger partial charge on any atom is -0.361 e. The Kier molecular flexibility index (Phi) is 3.55. The average molecular weight is 370 g/mol. The van der Waals surface area contributed by atoms with E-state index in [-0.39, 0.29) is 5.91 Å². The van der Waals surface area contributed by atoms with Crippen LogP contribution in [0, 0.1) is 6.92 Å². The number of anilines is 1. The van der Waals surface area contributed by atoms with Gasteiger partial charge in [0.1, 0.15) is 5.69 Å². The highest BCUT2D eigenvalue weighted by Gasteiger charge is 2.17. The normalized spacial score (nSPS) is 11.4. The van der Waals surface area contributed by atoms with Gasteiger partial charge in [-0.1, -0.05) is 12.1 Å². The molecule has 7 heteroatoms. The molecule has 3 N–H and O–H groups in total. The Hall–Kier alpha value is -3.87. The third kappa shape index (κ3) is 2.48. The van der Waals surface area contributed by atoms with E-state index in [4.69, 9.17) is 0 Å². The maximum atomic E-state index is 12.9. The van der Waals surface area contributed by atoms with Crippen LogP contribution in [0.2, 0.25) is 0 Å². The van der Waals surface area contributed by atoms with Crippen LogP contribution in [0.4, 0.5) is 5.69 Å². The van der Waals surface area contributed by atoms with Crippen LogP contribution in [0.1, 0.15) is 16.1 Å². The Bertz CT molecular complexity index is 1320. The molecule has 138 valence electrons. The molecule has 1 amide bonds. The van der Waals surface area contributed by atoms with Crippen LogP contribution in [0.15, 0.2) is 55.0 Å². The molecule has 0 spiro atoms. The topological polar surface area (TPSA) is 91.4 Å². The number of amides is 1. The zero-order valence-electron chi connectivity index (χ0n) is 15.4. The Labute approximate surface area is 160 Å². The highest BCUT2D eigenvalue weighted by atomic mass is 16.2. The molecule has 0 aliphatic carbocycles. The van der Waals surface area contributed by atoms with Crippen molar-refractivity contribution in [3.63, 3.8) is 0 Å². The Morgan fingerprint density at radius 2 is 2.00 bits per heavy atom. The van der Waals surface area contributed by atoms with Gasteiger partial charge in [0.05, 0.1) is 23.6 Å². The van der Waals surface area contributed by atoms with Gasteiger partial charge in [0.15, 0.2) is 0 Å². The molecule has 0 unspecified atom stereocenters. The predicted molar refractivity (Wildman–Crippen MR) is 109 cm³/mol. The summed E-state index contributed by atoms with van der Waals surface area (Å²) < 4.78 is 1.58. The van der Waals surface area contributed by atoms with Crippen LogP contribution in [0.5, 0.6) is 0 Å². The molecule has 0 radical (unpaired) electrons. The van der Waals surface area contributed by atoms with E-state index in [0.29, 0.717) is 11.4 Å². The van der Waals surface area contributed by atoms with Gasteiger partial charge < -0.3 is 10.3 Å². The Morgan fingerprint density at radius 3 is 2.82 bits per heavy atom. The molecule has 0 aliphatic heterocycles. The molecular formula is C21H18N6O. The van der Waals surface area contributed by atoms with Crippen molar-refractivity contribution in [1.29, 1.82) is 0 Å². The van der Waals surface area contributed by atoms with Gasteiger partial charge >= 0.3 is 0 Å². The zero-order valence-corrected chi connectivity index (χ0v) is 15.4. The van der Waals surface area contributed by atoms with Crippen LogP contribution in [-0.4, -0.2) is 30.9 Å². The summed E-state index contributed by atoms with van der Waals surface area (Å²) in [6.45, 7) is 1.87. The van der Waals surface area contributed by atoms with Crippen molar-refractivity contribution in [3.05, 3.63) is 66.2 Å². The summed E-state index contributed by atoms with van der Waals surface area (Å²) in [5, 5.41) is 16.4. The Morgan fingerprint density at radius 1 is 1.11 bits per heavy atom.